The molecule has 17 heavy (non-hydrogen) atoms. The average molecular weight is 294 g/mol. The van der Waals surface area contributed by atoms with Crippen molar-refractivity contribution in [2.45, 2.75) is 18.9 Å². The molecule has 6 heteroatoms. The smallest absolute Gasteiger partial charge is 0.241 e. The van der Waals surface area contributed by atoms with Crippen molar-refractivity contribution in [3.8, 4) is 0 Å². The van der Waals surface area contributed by atoms with Gasteiger partial charge in [0, 0.05) is 5.02 Å². The van der Waals surface area contributed by atoms with Crippen molar-refractivity contribution >= 4 is 46.4 Å². The SMILES string of the molecule is O=C(Nc1c(Cl)cc(Cl)cc1Cl)[C@@H]1CCCN1. The molecule has 3 nitrogen and oxygen atoms in total. The number of carbonyl (C=O) groups excluding carboxylic acids is 1. The Morgan fingerprint density at radius 2 is 1.94 bits per heavy atom. The Morgan fingerprint density at radius 1 is 1.29 bits per heavy atom. The number of nitrogens with one attached hydrogen (secondary N) is 2. The lowest BCUT2D eigenvalue weighted by atomic mass is 10.2. The predicted octanol–water partition coefficient (Wildman–Crippen LogP) is 3.34. The molecule has 1 aliphatic rings. The van der Waals surface area contributed by atoms with Gasteiger partial charge in [-0.25, -0.2) is 0 Å². The van der Waals surface area contributed by atoms with Crippen LogP contribution in [0.3, 0.4) is 0 Å². The van der Waals surface area contributed by atoms with Gasteiger partial charge in [0.25, 0.3) is 0 Å². The average Bonchev–Trinajstić information content (AvgIpc) is 2.76. The van der Waals surface area contributed by atoms with Crippen molar-refractivity contribution in [2.75, 3.05) is 11.9 Å². The van der Waals surface area contributed by atoms with Gasteiger partial charge in [-0.2, -0.15) is 0 Å². The molecule has 1 saturated heterocycles. The van der Waals surface area contributed by atoms with E-state index in [2.05, 4.69) is 10.6 Å². The summed E-state index contributed by atoms with van der Waals surface area (Å²) in [6.07, 6.45) is 1.83. The Hall–Kier alpha value is -0.480. The first-order chi connectivity index (χ1) is 8.08. The van der Waals surface area contributed by atoms with E-state index in [1.165, 1.54) is 0 Å². The molecule has 1 atom stereocenters. The van der Waals surface area contributed by atoms with E-state index in [0.717, 1.165) is 19.4 Å². The van der Waals surface area contributed by atoms with Gasteiger partial charge in [0.05, 0.1) is 21.8 Å². The van der Waals surface area contributed by atoms with Gasteiger partial charge in [0.1, 0.15) is 0 Å². The van der Waals surface area contributed by atoms with E-state index in [-0.39, 0.29) is 11.9 Å². The van der Waals surface area contributed by atoms with Gasteiger partial charge < -0.3 is 10.6 Å². The lowest BCUT2D eigenvalue weighted by Crippen LogP contribution is -2.35. The van der Waals surface area contributed by atoms with Crippen LogP contribution in [0, 0.1) is 0 Å². The topological polar surface area (TPSA) is 41.1 Å². The van der Waals surface area contributed by atoms with E-state index in [1.807, 2.05) is 0 Å². The summed E-state index contributed by atoms with van der Waals surface area (Å²) in [5, 5.41) is 6.95. The molecule has 92 valence electrons. The molecule has 0 aromatic heterocycles. The van der Waals surface area contributed by atoms with Crippen LogP contribution < -0.4 is 10.6 Å². The maximum atomic E-state index is 11.9. The molecule has 0 bridgehead atoms. The largest absolute Gasteiger partial charge is 0.322 e. The summed E-state index contributed by atoms with van der Waals surface area (Å²) in [4.78, 5) is 11.9. The first kappa shape index (κ1) is 13.0. The molecule has 0 unspecified atom stereocenters. The zero-order chi connectivity index (χ0) is 12.4. The van der Waals surface area contributed by atoms with E-state index in [0.29, 0.717) is 20.8 Å². The molecule has 1 heterocycles. The minimum atomic E-state index is -0.169. The molecule has 1 fully saturated rings. The lowest BCUT2D eigenvalue weighted by molar-refractivity contribution is -0.117. The maximum absolute atomic E-state index is 11.9. The summed E-state index contributed by atoms with van der Waals surface area (Å²) < 4.78 is 0. The Balaban J connectivity index is 2.15. The number of hydrogen-bond donors (Lipinski definition) is 2. The highest BCUT2D eigenvalue weighted by Gasteiger charge is 2.23. The molecule has 1 aromatic rings. The minimum Gasteiger partial charge on any atom is -0.322 e. The number of halogens is 3. The van der Waals surface area contributed by atoms with Crippen LogP contribution in [0.2, 0.25) is 15.1 Å². The monoisotopic (exact) mass is 292 g/mol. The van der Waals surface area contributed by atoms with Crippen molar-refractivity contribution in [3.63, 3.8) is 0 Å². The summed E-state index contributed by atoms with van der Waals surface area (Å²) in [6, 6.07) is 2.93. The van der Waals surface area contributed by atoms with Gasteiger partial charge in [-0.1, -0.05) is 34.8 Å². The number of amides is 1. The highest BCUT2D eigenvalue weighted by atomic mass is 35.5. The Bertz CT molecular complexity index is 421. The lowest BCUT2D eigenvalue weighted by Gasteiger charge is -2.13. The Labute approximate surface area is 114 Å². The van der Waals surface area contributed by atoms with Gasteiger partial charge in [0.2, 0.25) is 5.91 Å². The van der Waals surface area contributed by atoms with Crippen molar-refractivity contribution in [2.24, 2.45) is 0 Å². The van der Waals surface area contributed by atoms with Crippen LogP contribution in [0.4, 0.5) is 5.69 Å². The molecule has 0 aliphatic carbocycles. The molecule has 1 aromatic carbocycles. The van der Waals surface area contributed by atoms with Crippen LogP contribution in [0.25, 0.3) is 0 Å². The number of carbonyl (C=O) groups is 1. The first-order valence-corrected chi connectivity index (χ1v) is 6.40. The highest BCUT2D eigenvalue weighted by Crippen LogP contribution is 2.33. The Morgan fingerprint density at radius 3 is 2.47 bits per heavy atom. The van der Waals surface area contributed by atoms with Crippen LogP contribution in [-0.2, 0) is 4.79 Å². The van der Waals surface area contributed by atoms with Gasteiger partial charge in [-0.05, 0) is 31.5 Å². The fraction of sp³-hybridized carbons (Fsp3) is 0.364. The fourth-order valence-electron chi connectivity index (χ4n) is 1.78. The van der Waals surface area contributed by atoms with Crippen molar-refractivity contribution in [1.82, 2.24) is 5.32 Å². The number of benzene rings is 1. The van der Waals surface area contributed by atoms with Crippen molar-refractivity contribution in [3.05, 3.63) is 27.2 Å². The molecule has 0 radical (unpaired) electrons. The second-order valence-corrected chi connectivity index (χ2v) is 5.13. The molecule has 2 N–H and O–H groups in total. The van der Waals surface area contributed by atoms with E-state index in [9.17, 15) is 4.79 Å². The van der Waals surface area contributed by atoms with Crippen LogP contribution >= 0.6 is 34.8 Å². The minimum absolute atomic E-state index is 0.117. The quantitative estimate of drug-likeness (QED) is 0.878. The zero-order valence-electron chi connectivity index (χ0n) is 8.90. The molecular formula is C11H11Cl3N2O. The van der Waals surface area contributed by atoms with Crippen LogP contribution in [0.1, 0.15) is 12.8 Å². The van der Waals surface area contributed by atoms with Gasteiger partial charge >= 0.3 is 0 Å². The third-order valence-electron chi connectivity index (χ3n) is 2.63. The van der Waals surface area contributed by atoms with Crippen LogP contribution in [-0.4, -0.2) is 18.5 Å². The van der Waals surface area contributed by atoms with Gasteiger partial charge in [-0.15, -0.1) is 0 Å². The fourth-order valence-corrected chi connectivity index (χ4v) is 2.69. The van der Waals surface area contributed by atoms with Gasteiger partial charge in [-0.3, -0.25) is 4.79 Å². The standard InChI is InChI=1S/C11H11Cl3N2O/c12-6-4-7(13)10(8(14)5-6)16-11(17)9-2-1-3-15-9/h4-5,9,15H,1-3H2,(H,16,17)/t9-/m0/s1. The number of anilines is 1. The van der Waals surface area contributed by atoms with Crippen molar-refractivity contribution < 1.29 is 4.79 Å². The summed E-state index contributed by atoms with van der Waals surface area (Å²) in [5.41, 5.74) is 0.413. The summed E-state index contributed by atoms with van der Waals surface area (Å²) >= 11 is 17.8. The van der Waals surface area contributed by atoms with Crippen LogP contribution in [0.5, 0.6) is 0 Å². The summed E-state index contributed by atoms with van der Waals surface area (Å²) in [6.45, 7) is 0.861. The van der Waals surface area contributed by atoms with Crippen molar-refractivity contribution in [1.29, 1.82) is 0 Å². The highest BCUT2D eigenvalue weighted by molar-refractivity contribution is 6.42. The van der Waals surface area contributed by atoms with E-state index >= 15 is 0 Å². The maximum Gasteiger partial charge on any atom is 0.241 e. The molecular weight excluding hydrogens is 282 g/mol. The predicted molar refractivity (Wildman–Crippen MR) is 71.1 cm³/mol. The van der Waals surface area contributed by atoms with Crippen LogP contribution in [0.15, 0.2) is 12.1 Å². The second-order valence-electron chi connectivity index (χ2n) is 3.88. The third kappa shape index (κ3) is 3.05. The molecule has 0 spiro atoms. The Kier molecular flexibility index (Phi) is 4.15. The molecule has 1 aliphatic heterocycles. The zero-order valence-corrected chi connectivity index (χ0v) is 11.2. The summed E-state index contributed by atoms with van der Waals surface area (Å²) in [5.74, 6) is -0.117. The molecule has 1 amide bonds. The molecule has 0 saturated carbocycles. The van der Waals surface area contributed by atoms with Gasteiger partial charge in [0.15, 0.2) is 0 Å². The number of rotatable bonds is 2. The number of hydrogen-bond acceptors (Lipinski definition) is 2. The van der Waals surface area contributed by atoms with E-state index in [4.69, 9.17) is 34.8 Å². The van der Waals surface area contributed by atoms with E-state index in [1.54, 1.807) is 12.1 Å². The third-order valence-corrected chi connectivity index (χ3v) is 3.45. The normalized spacial score (nSPS) is 19.4. The molecule has 2 rings (SSSR count). The van der Waals surface area contributed by atoms with E-state index < -0.39 is 0 Å². The summed E-state index contributed by atoms with van der Waals surface area (Å²) in [7, 11) is 0. The second kappa shape index (κ2) is 5.44. The first-order valence-electron chi connectivity index (χ1n) is 5.26.